The van der Waals surface area contributed by atoms with Gasteiger partial charge in [-0.1, -0.05) is 12.1 Å². The maximum Gasteiger partial charge on any atom is 0.276 e. The number of amides is 1. The summed E-state index contributed by atoms with van der Waals surface area (Å²) in [6, 6.07) is 9.50. The fraction of sp³-hybridized carbons (Fsp3) is 0.176. The summed E-state index contributed by atoms with van der Waals surface area (Å²) in [5.41, 5.74) is 7.65. The average Bonchev–Trinajstić information content (AvgIpc) is 3.09. The smallest absolute Gasteiger partial charge is 0.276 e. The van der Waals surface area contributed by atoms with E-state index in [0.717, 1.165) is 16.9 Å². The van der Waals surface area contributed by atoms with Crippen LogP contribution in [0.5, 0.6) is 5.75 Å². The Morgan fingerprint density at radius 3 is 2.87 bits per heavy atom. The molecule has 118 valence electrons. The number of nitrogens with zero attached hydrogens (tertiary/aromatic N) is 1. The summed E-state index contributed by atoms with van der Waals surface area (Å²) in [6.45, 7) is 4.55. The Labute approximate surface area is 133 Å². The van der Waals surface area contributed by atoms with Crippen molar-refractivity contribution in [3.8, 4) is 17.1 Å². The summed E-state index contributed by atoms with van der Waals surface area (Å²) in [5, 5.41) is 2.42. The van der Waals surface area contributed by atoms with Gasteiger partial charge >= 0.3 is 0 Å². The molecular weight excluding hydrogens is 294 g/mol. The molecule has 0 aliphatic carbocycles. The van der Waals surface area contributed by atoms with E-state index in [9.17, 15) is 4.79 Å². The van der Waals surface area contributed by atoms with Crippen LogP contribution in [0.3, 0.4) is 0 Å². The Kier molecular flexibility index (Phi) is 3.89. The maximum absolute atomic E-state index is 11.6. The third-order valence-corrected chi connectivity index (χ3v) is 3.39. The SMILES string of the molecule is CCOc1cc(-c2ccc(C=C3N=C(N)NC3=O)o2)ccc1C. The van der Waals surface area contributed by atoms with E-state index in [1.54, 1.807) is 12.1 Å². The molecular formula is C17H17N3O3. The van der Waals surface area contributed by atoms with E-state index in [2.05, 4.69) is 10.3 Å². The Bertz CT molecular complexity index is 818. The van der Waals surface area contributed by atoms with Gasteiger partial charge in [0.05, 0.1) is 6.61 Å². The van der Waals surface area contributed by atoms with Gasteiger partial charge in [0.1, 0.15) is 23.0 Å². The van der Waals surface area contributed by atoms with E-state index in [1.807, 2.05) is 38.1 Å². The van der Waals surface area contributed by atoms with Crippen molar-refractivity contribution in [2.45, 2.75) is 13.8 Å². The molecule has 0 bridgehead atoms. The average molecular weight is 311 g/mol. The molecule has 0 unspecified atom stereocenters. The van der Waals surface area contributed by atoms with Gasteiger partial charge in [-0.2, -0.15) is 0 Å². The number of carbonyl (C=O) groups excluding carboxylic acids is 1. The molecule has 0 radical (unpaired) electrons. The van der Waals surface area contributed by atoms with Crippen LogP contribution < -0.4 is 15.8 Å². The maximum atomic E-state index is 11.6. The number of furan rings is 1. The van der Waals surface area contributed by atoms with Gasteiger partial charge in [-0.05, 0) is 37.6 Å². The zero-order valence-electron chi connectivity index (χ0n) is 12.9. The van der Waals surface area contributed by atoms with Crippen LogP contribution in [-0.2, 0) is 4.79 Å². The molecule has 0 atom stereocenters. The first-order chi connectivity index (χ1) is 11.1. The van der Waals surface area contributed by atoms with Gasteiger partial charge < -0.3 is 14.9 Å². The molecule has 0 saturated heterocycles. The van der Waals surface area contributed by atoms with Crippen molar-refractivity contribution in [3.05, 3.63) is 47.4 Å². The Morgan fingerprint density at radius 2 is 2.17 bits per heavy atom. The van der Waals surface area contributed by atoms with Gasteiger partial charge in [0.25, 0.3) is 5.91 Å². The lowest BCUT2D eigenvalue weighted by molar-refractivity contribution is -0.115. The zero-order valence-corrected chi connectivity index (χ0v) is 12.9. The second-order valence-electron chi connectivity index (χ2n) is 5.10. The molecule has 1 aliphatic heterocycles. The first kappa shape index (κ1) is 14.9. The molecule has 23 heavy (non-hydrogen) atoms. The molecule has 2 heterocycles. The van der Waals surface area contributed by atoms with Crippen LogP contribution in [0.4, 0.5) is 0 Å². The van der Waals surface area contributed by atoms with Crippen LogP contribution in [0.25, 0.3) is 17.4 Å². The number of rotatable bonds is 4. The standard InChI is InChI=1S/C17H17N3O3/c1-3-22-15-8-11(5-4-10(15)2)14-7-6-12(23-14)9-13-16(21)20-17(18)19-13/h4-9H,3H2,1-2H3,(H3,18,19,20,21). The highest BCUT2D eigenvalue weighted by molar-refractivity contribution is 6.13. The van der Waals surface area contributed by atoms with Crippen molar-refractivity contribution in [3.63, 3.8) is 0 Å². The van der Waals surface area contributed by atoms with Crippen molar-refractivity contribution in [1.29, 1.82) is 0 Å². The number of nitrogens with two attached hydrogens (primary N) is 1. The normalized spacial score (nSPS) is 15.7. The Balaban J connectivity index is 1.89. The Hall–Kier alpha value is -3.02. The molecule has 6 nitrogen and oxygen atoms in total. The monoisotopic (exact) mass is 311 g/mol. The highest BCUT2D eigenvalue weighted by atomic mass is 16.5. The van der Waals surface area contributed by atoms with Gasteiger partial charge in [0.15, 0.2) is 0 Å². The molecule has 1 amide bonds. The number of guanidine groups is 1. The summed E-state index contributed by atoms with van der Waals surface area (Å²) in [4.78, 5) is 15.5. The summed E-state index contributed by atoms with van der Waals surface area (Å²) in [6.07, 6.45) is 1.55. The minimum absolute atomic E-state index is 0.0907. The Morgan fingerprint density at radius 1 is 1.35 bits per heavy atom. The van der Waals surface area contributed by atoms with Gasteiger partial charge in [0.2, 0.25) is 5.96 Å². The van der Waals surface area contributed by atoms with Crippen molar-refractivity contribution < 1.29 is 13.9 Å². The summed E-state index contributed by atoms with van der Waals surface area (Å²) < 4.78 is 11.4. The predicted octanol–water partition coefficient (Wildman–Crippen LogP) is 2.44. The fourth-order valence-corrected chi connectivity index (χ4v) is 2.27. The minimum atomic E-state index is -0.339. The second kappa shape index (κ2) is 6.00. The van der Waals surface area contributed by atoms with Crippen molar-refractivity contribution in [1.82, 2.24) is 5.32 Å². The summed E-state index contributed by atoms with van der Waals surface area (Å²) >= 11 is 0. The molecule has 1 aliphatic rings. The lowest BCUT2D eigenvalue weighted by Crippen LogP contribution is -2.30. The predicted molar refractivity (Wildman–Crippen MR) is 87.8 cm³/mol. The van der Waals surface area contributed by atoms with Gasteiger partial charge in [-0.25, -0.2) is 4.99 Å². The number of aryl methyl sites for hydroxylation is 1. The lowest BCUT2D eigenvalue weighted by atomic mass is 10.1. The minimum Gasteiger partial charge on any atom is -0.494 e. The molecule has 0 fully saturated rings. The van der Waals surface area contributed by atoms with E-state index in [-0.39, 0.29) is 17.6 Å². The van der Waals surface area contributed by atoms with E-state index in [1.165, 1.54) is 0 Å². The van der Waals surface area contributed by atoms with Crippen LogP contribution in [0.2, 0.25) is 0 Å². The number of benzene rings is 1. The molecule has 6 heteroatoms. The summed E-state index contributed by atoms with van der Waals surface area (Å²) in [5.74, 6) is 1.80. The number of hydrogen-bond acceptors (Lipinski definition) is 5. The van der Waals surface area contributed by atoms with E-state index < -0.39 is 0 Å². The highest BCUT2D eigenvalue weighted by Crippen LogP contribution is 2.29. The number of ether oxygens (including phenoxy) is 1. The first-order valence-electron chi connectivity index (χ1n) is 7.27. The van der Waals surface area contributed by atoms with E-state index >= 15 is 0 Å². The second-order valence-corrected chi connectivity index (χ2v) is 5.10. The third kappa shape index (κ3) is 3.11. The molecule has 2 aromatic rings. The van der Waals surface area contributed by atoms with Crippen LogP contribution in [-0.4, -0.2) is 18.5 Å². The highest BCUT2D eigenvalue weighted by Gasteiger charge is 2.18. The number of aliphatic imine (C=N–C) groups is 1. The molecule has 0 saturated carbocycles. The van der Waals surface area contributed by atoms with Crippen LogP contribution in [0.15, 0.2) is 45.4 Å². The topological polar surface area (TPSA) is 89.9 Å². The van der Waals surface area contributed by atoms with Gasteiger partial charge in [0, 0.05) is 11.6 Å². The third-order valence-electron chi connectivity index (χ3n) is 3.39. The number of carbonyl (C=O) groups is 1. The molecule has 3 N–H and O–H groups in total. The molecule has 1 aromatic carbocycles. The zero-order chi connectivity index (χ0) is 16.4. The van der Waals surface area contributed by atoms with Crippen molar-refractivity contribution in [2.24, 2.45) is 10.7 Å². The molecule has 1 aromatic heterocycles. The molecule has 0 spiro atoms. The number of nitrogens with one attached hydrogen (secondary N) is 1. The van der Waals surface area contributed by atoms with Gasteiger partial charge in [-0.3, -0.25) is 10.1 Å². The fourth-order valence-electron chi connectivity index (χ4n) is 2.27. The molecule has 3 rings (SSSR count). The van der Waals surface area contributed by atoms with E-state index in [0.29, 0.717) is 18.1 Å². The van der Waals surface area contributed by atoms with Crippen LogP contribution in [0.1, 0.15) is 18.2 Å². The quantitative estimate of drug-likeness (QED) is 0.849. The van der Waals surface area contributed by atoms with Crippen molar-refractivity contribution >= 4 is 17.9 Å². The van der Waals surface area contributed by atoms with Crippen LogP contribution >= 0.6 is 0 Å². The van der Waals surface area contributed by atoms with Crippen molar-refractivity contribution in [2.75, 3.05) is 6.61 Å². The van der Waals surface area contributed by atoms with Gasteiger partial charge in [-0.15, -0.1) is 0 Å². The largest absolute Gasteiger partial charge is 0.494 e. The van der Waals surface area contributed by atoms with Crippen LogP contribution in [0, 0.1) is 6.92 Å². The lowest BCUT2D eigenvalue weighted by Gasteiger charge is -2.08. The number of hydrogen-bond donors (Lipinski definition) is 2. The summed E-state index contributed by atoms with van der Waals surface area (Å²) in [7, 11) is 0. The first-order valence-corrected chi connectivity index (χ1v) is 7.27. The van der Waals surface area contributed by atoms with E-state index in [4.69, 9.17) is 14.9 Å².